The first-order valence-corrected chi connectivity index (χ1v) is 9.85. The minimum atomic E-state index is -0.747. The number of hydrazone groups is 1. The molecule has 0 saturated heterocycles. The number of carbonyl (C=O) groups is 3. The van der Waals surface area contributed by atoms with Crippen molar-refractivity contribution in [3.05, 3.63) is 71.8 Å². The van der Waals surface area contributed by atoms with Crippen LogP contribution in [-0.2, 0) is 4.79 Å². The fourth-order valence-corrected chi connectivity index (χ4v) is 2.63. The number of amides is 3. The Labute approximate surface area is 177 Å². The number of rotatable bonds is 8. The first kappa shape index (κ1) is 22.8. The van der Waals surface area contributed by atoms with Gasteiger partial charge in [-0.1, -0.05) is 50.2 Å². The highest BCUT2D eigenvalue weighted by Crippen LogP contribution is 2.06. The molecule has 2 atom stereocenters. The molecule has 2 aromatic rings. The van der Waals surface area contributed by atoms with E-state index in [-0.39, 0.29) is 23.8 Å². The molecule has 0 aliphatic rings. The molecule has 0 radical (unpaired) electrons. The molecular formula is C23H28N4O3. The molecule has 0 aliphatic heterocycles. The molecule has 7 heteroatoms. The Morgan fingerprint density at radius 1 is 0.767 bits per heavy atom. The zero-order valence-corrected chi connectivity index (χ0v) is 17.7. The van der Waals surface area contributed by atoms with Gasteiger partial charge in [-0.05, 0) is 44.0 Å². The molecule has 3 amide bonds. The van der Waals surface area contributed by atoms with E-state index in [0.717, 1.165) is 0 Å². The van der Waals surface area contributed by atoms with Crippen molar-refractivity contribution in [1.82, 2.24) is 16.1 Å². The molecule has 3 N–H and O–H groups in total. The topological polar surface area (TPSA) is 99.7 Å². The van der Waals surface area contributed by atoms with E-state index in [1.807, 2.05) is 26.0 Å². The highest BCUT2D eigenvalue weighted by Gasteiger charge is 2.24. The number of nitrogens with one attached hydrogen (secondary N) is 3. The summed E-state index contributed by atoms with van der Waals surface area (Å²) in [5.41, 5.74) is 4.06. The highest BCUT2D eigenvalue weighted by molar-refractivity contribution is 5.99. The molecule has 0 spiro atoms. The molecule has 158 valence electrons. The summed E-state index contributed by atoms with van der Waals surface area (Å²) in [7, 11) is 0. The summed E-state index contributed by atoms with van der Waals surface area (Å²) >= 11 is 0. The van der Waals surface area contributed by atoms with Gasteiger partial charge in [0.1, 0.15) is 6.04 Å². The molecule has 2 aromatic carbocycles. The molecule has 0 heterocycles. The molecule has 2 rings (SSSR count). The van der Waals surface area contributed by atoms with E-state index < -0.39 is 11.9 Å². The summed E-state index contributed by atoms with van der Waals surface area (Å²) in [6.07, 6.45) is 0. The predicted octanol–water partition coefficient (Wildman–Crippen LogP) is 2.75. The summed E-state index contributed by atoms with van der Waals surface area (Å²) in [4.78, 5) is 37.2. The second kappa shape index (κ2) is 10.9. The van der Waals surface area contributed by atoms with Gasteiger partial charge in [-0.3, -0.25) is 14.4 Å². The largest absolute Gasteiger partial charge is 0.344 e. The van der Waals surface area contributed by atoms with Gasteiger partial charge in [-0.25, -0.2) is 5.43 Å². The van der Waals surface area contributed by atoms with Crippen LogP contribution in [0.1, 0.15) is 48.4 Å². The number of benzene rings is 2. The molecule has 0 fully saturated rings. The third-order valence-electron chi connectivity index (χ3n) is 4.62. The maximum Gasteiger partial charge on any atom is 0.262 e. The van der Waals surface area contributed by atoms with Gasteiger partial charge >= 0.3 is 0 Å². The van der Waals surface area contributed by atoms with E-state index in [2.05, 4.69) is 21.2 Å². The lowest BCUT2D eigenvalue weighted by molar-refractivity contribution is -0.123. The van der Waals surface area contributed by atoms with Crippen molar-refractivity contribution in [2.24, 2.45) is 11.0 Å². The average molecular weight is 409 g/mol. The normalized spacial score (nSPS) is 13.3. The van der Waals surface area contributed by atoms with Crippen LogP contribution >= 0.6 is 0 Å². The van der Waals surface area contributed by atoms with Crippen molar-refractivity contribution >= 4 is 23.4 Å². The summed E-state index contributed by atoms with van der Waals surface area (Å²) < 4.78 is 0. The first-order chi connectivity index (χ1) is 14.3. The molecule has 0 aliphatic carbocycles. The smallest absolute Gasteiger partial charge is 0.262 e. The van der Waals surface area contributed by atoms with Crippen molar-refractivity contribution in [1.29, 1.82) is 0 Å². The molecule has 0 bridgehead atoms. The van der Waals surface area contributed by atoms with Crippen LogP contribution in [0.4, 0.5) is 0 Å². The average Bonchev–Trinajstić information content (AvgIpc) is 2.76. The predicted molar refractivity (Wildman–Crippen MR) is 117 cm³/mol. The van der Waals surface area contributed by atoms with Crippen LogP contribution in [0.25, 0.3) is 0 Å². The Bertz CT molecular complexity index is 895. The maximum atomic E-state index is 12.6. The Morgan fingerprint density at radius 2 is 1.23 bits per heavy atom. The minimum Gasteiger partial charge on any atom is -0.344 e. The SMILES string of the molecule is C/C(=N/NC(=O)[C@H](NC(=O)c1ccccc1)C(C)C)[C@H](C)NC(=O)c1ccccc1. The second-order valence-corrected chi connectivity index (χ2v) is 7.35. The Morgan fingerprint density at radius 3 is 1.70 bits per heavy atom. The van der Waals surface area contributed by atoms with Crippen LogP contribution in [0.2, 0.25) is 0 Å². The molecule has 7 nitrogen and oxygen atoms in total. The number of carbonyl (C=O) groups excluding carboxylic acids is 3. The second-order valence-electron chi connectivity index (χ2n) is 7.35. The van der Waals surface area contributed by atoms with Gasteiger partial charge in [0.15, 0.2) is 0 Å². The van der Waals surface area contributed by atoms with E-state index in [0.29, 0.717) is 16.8 Å². The van der Waals surface area contributed by atoms with Crippen molar-refractivity contribution in [3.63, 3.8) is 0 Å². The maximum absolute atomic E-state index is 12.6. The summed E-state index contributed by atoms with van der Waals surface area (Å²) in [5, 5.41) is 9.69. The van der Waals surface area contributed by atoms with Gasteiger partial charge in [0, 0.05) is 11.1 Å². The van der Waals surface area contributed by atoms with Crippen LogP contribution in [0, 0.1) is 5.92 Å². The van der Waals surface area contributed by atoms with Gasteiger partial charge in [-0.15, -0.1) is 0 Å². The van der Waals surface area contributed by atoms with Crippen LogP contribution in [0.15, 0.2) is 65.8 Å². The third kappa shape index (κ3) is 6.55. The lowest BCUT2D eigenvalue weighted by atomic mass is 10.0. The third-order valence-corrected chi connectivity index (χ3v) is 4.62. The number of nitrogens with zero attached hydrogens (tertiary/aromatic N) is 1. The van der Waals surface area contributed by atoms with E-state index >= 15 is 0 Å². The van der Waals surface area contributed by atoms with Gasteiger partial charge in [0.05, 0.1) is 11.8 Å². The fourth-order valence-electron chi connectivity index (χ4n) is 2.63. The molecule has 30 heavy (non-hydrogen) atoms. The monoisotopic (exact) mass is 408 g/mol. The highest BCUT2D eigenvalue weighted by atomic mass is 16.2. The lowest BCUT2D eigenvalue weighted by Gasteiger charge is -2.21. The van der Waals surface area contributed by atoms with E-state index in [4.69, 9.17) is 0 Å². The van der Waals surface area contributed by atoms with Crippen LogP contribution in [0.5, 0.6) is 0 Å². The first-order valence-electron chi connectivity index (χ1n) is 9.85. The van der Waals surface area contributed by atoms with Crippen molar-refractivity contribution in [2.45, 2.75) is 39.8 Å². The molecule has 0 saturated carbocycles. The lowest BCUT2D eigenvalue weighted by Crippen LogP contribution is -2.49. The molecular weight excluding hydrogens is 380 g/mol. The molecule has 0 aromatic heterocycles. The van der Waals surface area contributed by atoms with E-state index in [9.17, 15) is 14.4 Å². The number of hydrogen-bond acceptors (Lipinski definition) is 4. The van der Waals surface area contributed by atoms with Crippen molar-refractivity contribution in [3.8, 4) is 0 Å². The molecule has 0 unspecified atom stereocenters. The number of hydrogen-bond donors (Lipinski definition) is 3. The minimum absolute atomic E-state index is 0.136. The zero-order valence-electron chi connectivity index (χ0n) is 17.7. The standard InChI is InChI=1S/C23H28N4O3/c1-15(2)20(25-22(29)19-13-9-6-10-14-19)23(30)27-26-17(4)16(3)24-21(28)18-11-7-5-8-12-18/h5-16,20H,1-4H3,(H,24,28)(H,25,29)(H,27,30)/b26-17-/t16-,20+/m0/s1. The van der Waals surface area contributed by atoms with Crippen molar-refractivity contribution < 1.29 is 14.4 Å². The fraction of sp³-hybridized carbons (Fsp3) is 0.304. The van der Waals surface area contributed by atoms with Gasteiger partial charge in [-0.2, -0.15) is 5.10 Å². The Kier molecular flexibility index (Phi) is 8.29. The van der Waals surface area contributed by atoms with Crippen molar-refractivity contribution in [2.75, 3.05) is 0 Å². The van der Waals surface area contributed by atoms with E-state index in [1.54, 1.807) is 62.4 Å². The zero-order chi connectivity index (χ0) is 22.1. The van der Waals surface area contributed by atoms with Gasteiger partial charge in [0.2, 0.25) is 0 Å². The van der Waals surface area contributed by atoms with Gasteiger partial charge in [0.25, 0.3) is 17.7 Å². The van der Waals surface area contributed by atoms with Crippen LogP contribution in [0.3, 0.4) is 0 Å². The quantitative estimate of drug-likeness (QED) is 0.463. The Hall–Kier alpha value is -3.48. The Balaban J connectivity index is 1.96. The van der Waals surface area contributed by atoms with E-state index in [1.165, 1.54) is 0 Å². The van der Waals surface area contributed by atoms with Crippen LogP contribution in [-0.4, -0.2) is 35.5 Å². The van der Waals surface area contributed by atoms with Gasteiger partial charge < -0.3 is 10.6 Å². The summed E-state index contributed by atoms with van der Waals surface area (Å²) in [6.45, 7) is 7.18. The summed E-state index contributed by atoms with van der Waals surface area (Å²) in [5.74, 6) is -1.11. The van der Waals surface area contributed by atoms with Crippen LogP contribution < -0.4 is 16.1 Å². The summed E-state index contributed by atoms with van der Waals surface area (Å²) in [6, 6.07) is 16.4.